The van der Waals surface area contributed by atoms with E-state index in [4.69, 9.17) is 16.3 Å². The minimum atomic E-state index is -0.157. The van der Waals surface area contributed by atoms with Crippen LogP contribution >= 0.6 is 11.6 Å². The smallest absolute Gasteiger partial charge is 0.269 e. The molecule has 2 heterocycles. The van der Waals surface area contributed by atoms with Gasteiger partial charge in [-0.15, -0.1) is 0 Å². The third-order valence-corrected chi connectivity index (χ3v) is 4.34. The van der Waals surface area contributed by atoms with Gasteiger partial charge in [0.2, 0.25) is 0 Å². The molecule has 1 unspecified atom stereocenters. The Balaban J connectivity index is 1.79. The monoisotopic (exact) mass is 345 g/mol. The van der Waals surface area contributed by atoms with Gasteiger partial charge in [0.25, 0.3) is 5.91 Å². The number of nitrogens with one attached hydrogen (secondary N) is 1. The van der Waals surface area contributed by atoms with Gasteiger partial charge in [-0.2, -0.15) is 0 Å². The number of pyridine rings is 1. The summed E-state index contributed by atoms with van der Waals surface area (Å²) in [6, 6.07) is 11.5. The number of halogens is 1. The largest absolute Gasteiger partial charge is 0.370 e. The summed E-state index contributed by atoms with van der Waals surface area (Å²) >= 11 is 6.29. The van der Waals surface area contributed by atoms with E-state index in [2.05, 4.69) is 15.2 Å². The summed E-state index contributed by atoms with van der Waals surface area (Å²) < 4.78 is 5.89. The average Bonchev–Trinajstić information content (AvgIpc) is 2.62. The second-order valence-corrected chi connectivity index (χ2v) is 5.99. The zero-order valence-electron chi connectivity index (χ0n) is 13.5. The number of benzene rings is 1. The Morgan fingerprint density at radius 3 is 3.04 bits per heavy atom. The Kier molecular flexibility index (Phi) is 5.33. The second-order valence-electron chi connectivity index (χ2n) is 5.59. The standard InChI is InChI=1S/C18H20ClN3O2/c1-2-20-18(23)16-11-13(7-8-21-16)22-9-10-24-17(12-22)14-5-3-4-6-15(14)19/h3-8,11,17H,2,9-10,12H2,1H3,(H,20,23). The van der Waals surface area contributed by atoms with Gasteiger partial charge in [0.1, 0.15) is 11.8 Å². The molecule has 1 amide bonds. The van der Waals surface area contributed by atoms with Gasteiger partial charge in [0.05, 0.1) is 6.61 Å². The first kappa shape index (κ1) is 16.7. The van der Waals surface area contributed by atoms with Crippen LogP contribution in [0.15, 0.2) is 42.6 Å². The number of carbonyl (C=O) groups is 1. The molecule has 0 spiro atoms. The van der Waals surface area contributed by atoms with Crippen molar-refractivity contribution in [3.8, 4) is 0 Å². The van der Waals surface area contributed by atoms with Gasteiger partial charge in [-0.05, 0) is 25.1 Å². The quantitative estimate of drug-likeness (QED) is 0.925. The van der Waals surface area contributed by atoms with Gasteiger partial charge in [0, 0.05) is 42.1 Å². The topological polar surface area (TPSA) is 54.5 Å². The maximum absolute atomic E-state index is 12.0. The van der Waals surface area contributed by atoms with Crippen LogP contribution in [0.2, 0.25) is 5.02 Å². The van der Waals surface area contributed by atoms with E-state index in [1.54, 1.807) is 6.20 Å². The summed E-state index contributed by atoms with van der Waals surface area (Å²) in [6.07, 6.45) is 1.58. The molecule has 6 heteroatoms. The summed E-state index contributed by atoms with van der Waals surface area (Å²) in [6.45, 7) is 4.52. The van der Waals surface area contributed by atoms with Gasteiger partial charge in [-0.3, -0.25) is 9.78 Å². The lowest BCUT2D eigenvalue weighted by atomic mass is 10.1. The molecule has 1 aromatic carbocycles. The molecule has 126 valence electrons. The number of hydrogen-bond acceptors (Lipinski definition) is 4. The lowest BCUT2D eigenvalue weighted by Gasteiger charge is -2.35. The van der Waals surface area contributed by atoms with Crippen molar-refractivity contribution >= 4 is 23.2 Å². The van der Waals surface area contributed by atoms with Crippen molar-refractivity contribution in [2.75, 3.05) is 31.1 Å². The zero-order chi connectivity index (χ0) is 16.9. The molecule has 1 aliphatic heterocycles. The van der Waals surface area contributed by atoms with E-state index in [1.165, 1.54) is 0 Å². The number of morpholine rings is 1. The fraction of sp³-hybridized carbons (Fsp3) is 0.333. The van der Waals surface area contributed by atoms with Crippen LogP contribution in [0.3, 0.4) is 0 Å². The summed E-state index contributed by atoms with van der Waals surface area (Å²) in [5.74, 6) is -0.157. The van der Waals surface area contributed by atoms with Crippen molar-refractivity contribution < 1.29 is 9.53 Å². The summed E-state index contributed by atoms with van der Waals surface area (Å²) in [5.41, 5.74) is 2.38. The predicted molar refractivity (Wildman–Crippen MR) is 94.6 cm³/mol. The molecule has 1 N–H and O–H groups in total. The van der Waals surface area contributed by atoms with Crippen LogP contribution in [0.25, 0.3) is 0 Å². The number of aromatic nitrogens is 1. The highest BCUT2D eigenvalue weighted by molar-refractivity contribution is 6.31. The van der Waals surface area contributed by atoms with E-state index in [-0.39, 0.29) is 12.0 Å². The van der Waals surface area contributed by atoms with Crippen molar-refractivity contribution in [2.45, 2.75) is 13.0 Å². The molecule has 1 fully saturated rings. The maximum atomic E-state index is 12.0. The molecule has 0 radical (unpaired) electrons. The zero-order valence-corrected chi connectivity index (χ0v) is 14.3. The summed E-state index contributed by atoms with van der Waals surface area (Å²) in [7, 11) is 0. The normalized spacial score (nSPS) is 17.6. The van der Waals surface area contributed by atoms with E-state index in [0.717, 1.165) is 17.8 Å². The molecular weight excluding hydrogens is 326 g/mol. The number of carbonyl (C=O) groups excluding carboxylic acids is 1. The van der Waals surface area contributed by atoms with Crippen molar-refractivity contribution in [3.63, 3.8) is 0 Å². The molecule has 5 nitrogen and oxygen atoms in total. The predicted octanol–water partition coefficient (Wildman–Crippen LogP) is 3.06. The first-order chi connectivity index (χ1) is 11.7. The Bertz CT molecular complexity index is 723. The van der Waals surface area contributed by atoms with Crippen LogP contribution in [0.4, 0.5) is 5.69 Å². The molecule has 0 saturated carbocycles. The fourth-order valence-electron chi connectivity index (χ4n) is 2.80. The van der Waals surface area contributed by atoms with Crippen LogP contribution < -0.4 is 10.2 Å². The van der Waals surface area contributed by atoms with Crippen molar-refractivity contribution in [3.05, 3.63) is 58.9 Å². The molecular formula is C18H20ClN3O2. The van der Waals surface area contributed by atoms with E-state index in [1.807, 2.05) is 43.3 Å². The van der Waals surface area contributed by atoms with Gasteiger partial charge >= 0.3 is 0 Å². The first-order valence-electron chi connectivity index (χ1n) is 8.04. The third kappa shape index (κ3) is 3.68. The molecule has 1 aromatic heterocycles. The van der Waals surface area contributed by atoms with Crippen molar-refractivity contribution in [1.29, 1.82) is 0 Å². The van der Waals surface area contributed by atoms with Crippen LogP contribution in [0.5, 0.6) is 0 Å². The maximum Gasteiger partial charge on any atom is 0.269 e. The Morgan fingerprint density at radius 2 is 2.25 bits per heavy atom. The molecule has 3 rings (SSSR count). The van der Waals surface area contributed by atoms with Crippen molar-refractivity contribution in [2.24, 2.45) is 0 Å². The number of amides is 1. The van der Waals surface area contributed by atoms with Gasteiger partial charge in [0.15, 0.2) is 0 Å². The Labute approximate surface area is 146 Å². The molecule has 1 saturated heterocycles. The number of nitrogens with zero attached hydrogens (tertiary/aromatic N) is 2. The molecule has 0 aliphatic carbocycles. The van der Waals surface area contributed by atoms with E-state index in [0.29, 0.717) is 30.4 Å². The minimum absolute atomic E-state index is 0.0893. The van der Waals surface area contributed by atoms with E-state index < -0.39 is 0 Å². The Hall–Kier alpha value is -2.11. The first-order valence-corrected chi connectivity index (χ1v) is 8.42. The van der Waals surface area contributed by atoms with Crippen molar-refractivity contribution in [1.82, 2.24) is 10.3 Å². The average molecular weight is 346 g/mol. The molecule has 1 aliphatic rings. The van der Waals surface area contributed by atoms with Gasteiger partial charge < -0.3 is 15.0 Å². The van der Waals surface area contributed by atoms with Crippen LogP contribution in [0, 0.1) is 0 Å². The number of hydrogen-bond donors (Lipinski definition) is 1. The number of ether oxygens (including phenoxy) is 1. The summed E-state index contributed by atoms with van der Waals surface area (Å²) in [5, 5.41) is 3.48. The second kappa shape index (κ2) is 7.64. The van der Waals surface area contributed by atoms with Crippen LogP contribution in [-0.4, -0.2) is 37.1 Å². The van der Waals surface area contributed by atoms with Crippen LogP contribution in [-0.2, 0) is 4.74 Å². The SMILES string of the molecule is CCNC(=O)c1cc(N2CCOC(c3ccccc3Cl)C2)ccn1. The molecule has 24 heavy (non-hydrogen) atoms. The molecule has 0 bridgehead atoms. The third-order valence-electron chi connectivity index (χ3n) is 4.00. The highest BCUT2D eigenvalue weighted by atomic mass is 35.5. The Morgan fingerprint density at radius 1 is 1.42 bits per heavy atom. The summed E-state index contributed by atoms with van der Waals surface area (Å²) in [4.78, 5) is 18.3. The molecule has 2 aromatic rings. The highest BCUT2D eigenvalue weighted by Gasteiger charge is 2.24. The minimum Gasteiger partial charge on any atom is -0.370 e. The lowest BCUT2D eigenvalue weighted by Crippen LogP contribution is -2.38. The van der Waals surface area contributed by atoms with Gasteiger partial charge in [-0.1, -0.05) is 29.8 Å². The van der Waals surface area contributed by atoms with Gasteiger partial charge in [-0.25, -0.2) is 0 Å². The van der Waals surface area contributed by atoms with E-state index in [9.17, 15) is 4.79 Å². The molecule has 1 atom stereocenters. The lowest BCUT2D eigenvalue weighted by molar-refractivity contribution is 0.0398. The van der Waals surface area contributed by atoms with E-state index >= 15 is 0 Å². The highest BCUT2D eigenvalue weighted by Crippen LogP contribution is 2.30. The number of anilines is 1. The fourth-order valence-corrected chi connectivity index (χ4v) is 3.06. The number of rotatable bonds is 4. The van der Waals surface area contributed by atoms with Crippen LogP contribution in [0.1, 0.15) is 29.1 Å².